The standard InChI is InChI=1S/C11H16N2S/c1-8(2)13-5-6-14-11-4-3-9(12)7-10(11)13/h3-4,7-8H,5-6,12H2,1-2H3. The molecular weight excluding hydrogens is 192 g/mol. The molecule has 1 heterocycles. The number of nitrogens with zero attached hydrogens (tertiary/aromatic N) is 1. The smallest absolute Gasteiger partial charge is 0.0527 e. The normalized spacial score (nSPS) is 15.8. The van der Waals surface area contributed by atoms with Gasteiger partial charge in [0.25, 0.3) is 0 Å². The maximum Gasteiger partial charge on any atom is 0.0527 e. The molecule has 1 aromatic carbocycles. The molecule has 1 aliphatic rings. The monoisotopic (exact) mass is 208 g/mol. The van der Waals surface area contributed by atoms with Gasteiger partial charge in [0, 0.05) is 28.9 Å². The van der Waals surface area contributed by atoms with Crippen LogP contribution in [0.3, 0.4) is 0 Å². The highest BCUT2D eigenvalue weighted by Crippen LogP contribution is 2.36. The minimum atomic E-state index is 0.552. The fourth-order valence-electron chi connectivity index (χ4n) is 1.79. The third-order valence-electron chi connectivity index (χ3n) is 2.51. The van der Waals surface area contributed by atoms with E-state index in [1.54, 1.807) is 0 Å². The van der Waals surface area contributed by atoms with E-state index < -0.39 is 0 Å². The van der Waals surface area contributed by atoms with Gasteiger partial charge in [-0.2, -0.15) is 0 Å². The lowest BCUT2D eigenvalue weighted by Crippen LogP contribution is -2.35. The summed E-state index contributed by atoms with van der Waals surface area (Å²) in [5.74, 6) is 1.18. The largest absolute Gasteiger partial charge is 0.399 e. The average Bonchev–Trinajstić information content (AvgIpc) is 2.16. The second kappa shape index (κ2) is 3.73. The number of nitrogens with two attached hydrogens (primary N) is 1. The van der Waals surface area contributed by atoms with E-state index in [1.807, 2.05) is 17.8 Å². The van der Waals surface area contributed by atoms with E-state index in [2.05, 4.69) is 30.9 Å². The van der Waals surface area contributed by atoms with Crippen LogP contribution in [0.15, 0.2) is 23.1 Å². The van der Waals surface area contributed by atoms with Crippen molar-refractivity contribution in [1.82, 2.24) is 0 Å². The van der Waals surface area contributed by atoms with Crippen molar-refractivity contribution in [3.8, 4) is 0 Å². The van der Waals surface area contributed by atoms with Gasteiger partial charge in [-0.15, -0.1) is 11.8 Å². The van der Waals surface area contributed by atoms with E-state index in [0.717, 1.165) is 12.2 Å². The summed E-state index contributed by atoms with van der Waals surface area (Å²) in [7, 11) is 0. The Labute approximate surface area is 89.5 Å². The Kier molecular flexibility index (Phi) is 2.59. The number of nitrogen functional groups attached to an aromatic ring is 1. The maximum atomic E-state index is 5.81. The van der Waals surface area contributed by atoms with Crippen molar-refractivity contribution in [2.45, 2.75) is 24.8 Å². The Hall–Kier alpha value is -0.830. The van der Waals surface area contributed by atoms with Gasteiger partial charge in [0.05, 0.1) is 5.69 Å². The lowest BCUT2D eigenvalue weighted by molar-refractivity contribution is 0.696. The van der Waals surface area contributed by atoms with Gasteiger partial charge in [-0.05, 0) is 32.0 Å². The first-order chi connectivity index (χ1) is 6.68. The van der Waals surface area contributed by atoms with Gasteiger partial charge in [0.15, 0.2) is 0 Å². The van der Waals surface area contributed by atoms with Crippen LogP contribution in [0.4, 0.5) is 11.4 Å². The highest BCUT2D eigenvalue weighted by atomic mass is 32.2. The van der Waals surface area contributed by atoms with Gasteiger partial charge >= 0.3 is 0 Å². The molecule has 2 rings (SSSR count). The molecule has 0 bridgehead atoms. The molecule has 14 heavy (non-hydrogen) atoms. The molecule has 2 nitrogen and oxygen atoms in total. The first-order valence-corrected chi connectivity index (χ1v) is 5.96. The average molecular weight is 208 g/mol. The van der Waals surface area contributed by atoms with Crippen LogP contribution in [-0.2, 0) is 0 Å². The molecule has 0 unspecified atom stereocenters. The molecule has 2 N–H and O–H groups in total. The Bertz CT molecular complexity index is 336. The third-order valence-corrected chi connectivity index (χ3v) is 3.55. The predicted octanol–water partition coefficient (Wildman–Crippen LogP) is 2.59. The lowest BCUT2D eigenvalue weighted by Gasteiger charge is -2.34. The zero-order valence-corrected chi connectivity index (χ0v) is 9.47. The Morgan fingerprint density at radius 2 is 2.21 bits per heavy atom. The topological polar surface area (TPSA) is 29.3 Å². The molecule has 0 spiro atoms. The fourth-order valence-corrected chi connectivity index (χ4v) is 2.79. The second-order valence-electron chi connectivity index (χ2n) is 3.86. The van der Waals surface area contributed by atoms with Crippen LogP contribution in [0, 0.1) is 0 Å². The van der Waals surface area contributed by atoms with E-state index in [-0.39, 0.29) is 0 Å². The van der Waals surface area contributed by atoms with Crippen LogP contribution < -0.4 is 10.6 Å². The Balaban J connectivity index is 2.41. The molecular formula is C11H16N2S. The number of rotatable bonds is 1. The van der Waals surface area contributed by atoms with Crippen molar-refractivity contribution in [2.75, 3.05) is 22.9 Å². The number of hydrogen-bond acceptors (Lipinski definition) is 3. The van der Waals surface area contributed by atoms with Crippen LogP contribution in [-0.4, -0.2) is 18.3 Å². The summed E-state index contributed by atoms with van der Waals surface area (Å²) in [6.07, 6.45) is 0. The maximum absolute atomic E-state index is 5.81. The minimum absolute atomic E-state index is 0.552. The molecule has 3 heteroatoms. The molecule has 1 aliphatic heterocycles. The van der Waals surface area contributed by atoms with Gasteiger partial charge < -0.3 is 10.6 Å². The number of thioether (sulfide) groups is 1. The second-order valence-corrected chi connectivity index (χ2v) is 5.00. The van der Waals surface area contributed by atoms with Gasteiger partial charge in [-0.3, -0.25) is 0 Å². The van der Waals surface area contributed by atoms with Crippen molar-refractivity contribution in [3.63, 3.8) is 0 Å². The zero-order chi connectivity index (χ0) is 10.1. The fraction of sp³-hybridized carbons (Fsp3) is 0.455. The zero-order valence-electron chi connectivity index (χ0n) is 8.66. The molecule has 0 saturated heterocycles. The highest BCUT2D eigenvalue weighted by Gasteiger charge is 2.19. The van der Waals surface area contributed by atoms with Crippen molar-refractivity contribution >= 4 is 23.1 Å². The van der Waals surface area contributed by atoms with Crippen LogP contribution in [0.1, 0.15) is 13.8 Å². The molecule has 0 radical (unpaired) electrons. The summed E-state index contributed by atoms with van der Waals surface area (Å²) in [6.45, 7) is 5.57. The molecule has 0 aliphatic carbocycles. The van der Waals surface area contributed by atoms with Crippen molar-refractivity contribution < 1.29 is 0 Å². The lowest BCUT2D eigenvalue weighted by atomic mass is 10.2. The van der Waals surface area contributed by atoms with Gasteiger partial charge in [-0.1, -0.05) is 0 Å². The number of anilines is 2. The summed E-state index contributed by atoms with van der Waals surface area (Å²) in [6, 6.07) is 6.75. The van der Waals surface area contributed by atoms with E-state index in [4.69, 9.17) is 5.73 Å². The van der Waals surface area contributed by atoms with Gasteiger partial charge in [0.1, 0.15) is 0 Å². The number of benzene rings is 1. The van der Waals surface area contributed by atoms with Crippen LogP contribution >= 0.6 is 11.8 Å². The molecule has 0 saturated carbocycles. The Morgan fingerprint density at radius 3 is 2.93 bits per heavy atom. The minimum Gasteiger partial charge on any atom is -0.399 e. The summed E-state index contributed by atoms with van der Waals surface area (Å²) in [5.41, 5.74) is 7.97. The molecule has 0 amide bonds. The van der Waals surface area contributed by atoms with Gasteiger partial charge in [0.2, 0.25) is 0 Å². The first-order valence-electron chi connectivity index (χ1n) is 4.97. The van der Waals surface area contributed by atoms with E-state index in [1.165, 1.54) is 16.3 Å². The SMILES string of the molecule is CC(C)N1CCSc2ccc(N)cc21. The highest BCUT2D eigenvalue weighted by molar-refractivity contribution is 7.99. The summed E-state index contributed by atoms with van der Waals surface area (Å²) in [4.78, 5) is 3.78. The number of fused-ring (bicyclic) bond motifs is 1. The summed E-state index contributed by atoms with van der Waals surface area (Å²) < 4.78 is 0. The van der Waals surface area contributed by atoms with Gasteiger partial charge in [-0.25, -0.2) is 0 Å². The quantitative estimate of drug-likeness (QED) is 0.719. The summed E-state index contributed by atoms with van der Waals surface area (Å²) in [5, 5.41) is 0. The van der Waals surface area contributed by atoms with Crippen LogP contribution in [0.2, 0.25) is 0 Å². The third kappa shape index (κ3) is 1.69. The predicted molar refractivity (Wildman–Crippen MR) is 64.1 cm³/mol. The number of hydrogen-bond donors (Lipinski definition) is 1. The molecule has 76 valence electrons. The van der Waals surface area contributed by atoms with Crippen molar-refractivity contribution in [1.29, 1.82) is 0 Å². The summed E-state index contributed by atoms with van der Waals surface area (Å²) >= 11 is 1.92. The van der Waals surface area contributed by atoms with Crippen molar-refractivity contribution in [2.24, 2.45) is 0 Å². The van der Waals surface area contributed by atoms with E-state index in [9.17, 15) is 0 Å². The molecule has 0 aromatic heterocycles. The first kappa shape index (κ1) is 9.71. The Morgan fingerprint density at radius 1 is 1.43 bits per heavy atom. The van der Waals surface area contributed by atoms with E-state index in [0.29, 0.717) is 6.04 Å². The molecule has 0 atom stereocenters. The molecule has 0 fully saturated rings. The van der Waals surface area contributed by atoms with Crippen LogP contribution in [0.5, 0.6) is 0 Å². The van der Waals surface area contributed by atoms with Crippen molar-refractivity contribution in [3.05, 3.63) is 18.2 Å². The molecule has 1 aromatic rings. The van der Waals surface area contributed by atoms with Crippen LogP contribution in [0.25, 0.3) is 0 Å². The van der Waals surface area contributed by atoms with E-state index >= 15 is 0 Å².